The van der Waals surface area contributed by atoms with Crippen LogP contribution in [0.25, 0.3) is 16.7 Å². The molecule has 1 aliphatic rings. The number of aromatic nitrogens is 4. The van der Waals surface area contributed by atoms with Crippen LogP contribution >= 0.6 is 11.8 Å². The van der Waals surface area contributed by atoms with Crippen molar-refractivity contribution in [3.63, 3.8) is 0 Å². The summed E-state index contributed by atoms with van der Waals surface area (Å²) in [6, 6.07) is 7.59. The summed E-state index contributed by atoms with van der Waals surface area (Å²) in [5, 5.41) is 6.04. The maximum absolute atomic E-state index is 11.9. The molecule has 3 aromatic heterocycles. The van der Waals surface area contributed by atoms with E-state index in [-0.39, 0.29) is 5.63 Å². The molecule has 0 spiro atoms. The summed E-state index contributed by atoms with van der Waals surface area (Å²) in [7, 11) is 0. The second-order valence-corrected chi connectivity index (χ2v) is 7.05. The van der Waals surface area contributed by atoms with Gasteiger partial charge < -0.3 is 4.42 Å². The third-order valence-electron chi connectivity index (χ3n) is 4.50. The Morgan fingerprint density at radius 1 is 1.20 bits per heavy atom. The summed E-state index contributed by atoms with van der Waals surface area (Å²) in [5.74, 6) is 1.18. The third kappa shape index (κ3) is 2.60. The fourth-order valence-electron chi connectivity index (χ4n) is 3.33. The Kier molecular flexibility index (Phi) is 3.34. The lowest BCUT2D eigenvalue weighted by Gasteiger charge is -2.07. The van der Waals surface area contributed by atoms with Gasteiger partial charge in [-0.2, -0.15) is 4.98 Å². The molecule has 0 saturated carbocycles. The van der Waals surface area contributed by atoms with E-state index < -0.39 is 0 Å². The first kappa shape index (κ1) is 14.7. The highest BCUT2D eigenvalue weighted by molar-refractivity contribution is 7.98. The fourth-order valence-corrected chi connectivity index (χ4v) is 4.15. The van der Waals surface area contributed by atoms with Crippen LogP contribution in [0.15, 0.2) is 51.0 Å². The summed E-state index contributed by atoms with van der Waals surface area (Å²) >= 11 is 1.49. The molecule has 7 heteroatoms. The van der Waals surface area contributed by atoms with Crippen molar-refractivity contribution in [2.75, 3.05) is 0 Å². The minimum atomic E-state index is -0.314. The normalized spacial score (nSPS) is 13.6. The summed E-state index contributed by atoms with van der Waals surface area (Å²) in [5.41, 5.74) is 3.98. The van der Waals surface area contributed by atoms with Gasteiger partial charge >= 0.3 is 5.63 Å². The van der Waals surface area contributed by atoms with E-state index in [9.17, 15) is 4.79 Å². The smallest absolute Gasteiger partial charge is 0.336 e. The lowest BCUT2D eigenvalue weighted by molar-refractivity contribution is 0.559. The van der Waals surface area contributed by atoms with Crippen LogP contribution in [0.5, 0.6) is 0 Å². The molecule has 0 saturated heterocycles. The van der Waals surface area contributed by atoms with E-state index in [1.165, 1.54) is 22.9 Å². The minimum absolute atomic E-state index is 0.314. The van der Waals surface area contributed by atoms with Crippen LogP contribution in [-0.2, 0) is 18.6 Å². The molecule has 124 valence electrons. The fraction of sp³-hybridized carbons (Fsp3) is 0.222. The average Bonchev–Trinajstić information content (AvgIpc) is 3.23. The number of thioether (sulfide) groups is 1. The number of aryl methyl sites for hydroxylation is 2. The molecular formula is C18H14N4O2S. The SMILES string of the molecule is O=c1cc(CSc2nc3ncccn3n2)c2cc3c(cc2o1)CCC3. The van der Waals surface area contributed by atoms with Crippen LogP contribution in [0.4, 0.5) is 0 Å². The topological polar surface area (TPSA) is 73.3 Å². The monoisotopic (exact) mass is 350 g/mol. The van der Waals surface area contributed by atoms with Crippen molar-refractivity contribution in [2.24, 2.45) is 0 Å². The molecule has 0 unspecified atom stereocenters. The highest BCUT2D eigenvalue weighted by Crippen LogP contribution is 2.30. The number of rotatable bonds is 3. The van der Waals surface area contributed by atoms with Gasteiger partial charge in [-0.3, -0.25) is 0 Å². The zero-order valence-corrected chi connectivity index (χ0v) is 14.1. The van der Waals surface area contributed by atoms with Gasteiger partial charge in [0, 0.05) is 29.6 Å². The first-order valence-electron chi connectivity index (χ1n) is 8.15. The molecule has 0 atom stereocenters. The summed E-state index contributed by atoms with van der Waals surface area (Å²) < 4.78 is 7.06. The molecule has 6 nitrogen and oxygen atoms in total. The van der Waals surface area contributed by atoms with E-state index in [4.69, 9.17) is 4.42 Å². The predicted molar refractivity (Wildman–Crippen MR) is 94.9 cm³/mol. The van der Waals surface area contributed by atoms with Crippen molar-refractivity contribution < 1.29 is 4.42 Å². The van der Waals surface area contributed by atoms with Crippen molar-refractivity contribution >= 4 is 28.5 Å². The molecule has 5 rings (SSSR count). The van der Waals surface area contributed by atoms with Crippen molar-refractivity contribution in [3.05, 3.63) is 63.8 Å². The Balaban J connectivity index is 1.52. The number of fused-ring (bicyclic) bond motifs is 3. The zero-order chi connectivity index (χ0) is 16.8. The number of benzene rings is 1. The quantitative estimate of drug-likeness (QED) is 0.418. The lowest BCUT2D eigenvalue weighted by atomic mass is 10.0. The van der Waals surface area contributed by atoms with Crippen LogP contribution in [-0.4, -0.2) is 19.6 Å². The summed E-state index contributed by atoms with van der Waals surface area (Å²) in [6.45, 7) is 0. The van der Waals surface area contributed by atoms with Crippen LogP contribution in [0.2, 0.25) is 0 Å². The van der Waals surface area contributed by atoms with E-state index in [2.05, 4.69) is 21.1 Å². The van der Waals surface area contributed by atoms with Crippen LogP contribution < -0.4 is 5.63 Å². The minimum Gasteiger partial charge on any atom is -0.423 e. The maximum Gasteiger partial charge on any atom is 0.336 e. The molecule has 0 bridgehead atoms. The molecule has 0 N–H and O–H groups in total. The van der Waals surface area contributed by atoms with Crippen LogP contribution in [0, 0.1) is 0 Å². The van der Waals surface area contributed by atoms with Gasteiger partial charge in [0.2, 0.25) is 5.16 Å². The van der Waals surface area contributed by atoms with E-state index in [1.54, 1.807) is 16.8 Å². The molecule has 0 amide bonds. The van der Waals surface area contributed by atoms with Gasteiger partial charge in [-0.15, -0.1) is 5.10 Å². The average molecular weight is 350 g/mol. The molecule has 0 fully saturated rings. The molecule has 25 heavy (non-hydrogen) atoms. The lowest BCUT2D eigenvalue weighted by Crippen LogP contribution is -2.01. The molecule has 0 aliphatic heterocycles. The van der Waals surface area contributed by atoms with Crippen molar-refractivity contribution in [2.45, 2.75) is 30.2 Å². The van der Waals surface area contributed by atoms with Crippen molar-refractivity contribution in [1.82, 2.24) is 19.6 Å². The van der Waals surface area contributed by atoms with Crippen LogP contribution in [0.3, 0.4) is 0 Å². The van der Waals surface area contributed by atoms with Gasteiger partial charge in [0.05, 0.1) is 0 Å². The zero-order valence-electron chi connectivity index (χ0n) is 13.3. The summed E-state index contributed by atoms with van der Waals surface area (Å²) in [6.07, 6.45) is 6.82. The second kappa shape index (κ2) is 5.70. The predicted octanol–water partition coefficient (Wildman–Crippen LogP) is 3.01. The first-order chi connectivity index (χ1) is 12.3. The van der Waals surface area contributed by atoms with Gasteiger partial charge in [0.1, 0.15) is 5.58 Å². The molecule has 1 aromatic carbocycles. The molecule has 0 radical (unpaired) electrons. The Hall–Kier alpha value is -2.67. The van der Waals surface area contributed by atoms with Gasteiger partial charge in [-0.1, -0.05) is 11.8 Å². The number of nitrogens with zero attached hydrogens (tertiary/aromatic N) is 4. The second-order valence-electron chi connectivity index (χ2n) is 6.11. The number of hydrogen-bond acceptors (Lipinski definition) is 6. The van der Waals surface area contributed by atoms with Gasteiger partial charge in [0.25, 0.3) is 5.78 Å². The number of hydrogen-bond donors (Lipinski definition) is 0. The summed E-state index contributed by atoms with van der Waals surface area (Å²) in [4.78, 5) is 20.5. The molecule has 3 heterocycles. The van der Waals surface area contributed by atoms with E-state index >= 15 is 0 Å². The standard InChI is InChI=1S/C18H14N4O2S/c23-16-9-13(10-25-18-20-17-19-5-2-6-22(17)21-18)14-7-11-3-1-4-12(11)8-15(14)24-16/h2,5-9H,1,3-4,10H2. The highest BCUT2D eigenvalue weighted by atomic mass is 32.2. The molecule has 1 aliphatic carbocycles. The van der Waals surface area contributed by atoms with Crippen molar-refractivity contribution in [1.29, 1.82) is 0 Å². The largest absolute Gasteiger partial charge is 0.423 e. The third-order valence-corrected chi connectivity index (χ3v) is 5.38. The Labute approximate surface area is 146 Å². The van der Waals surface area contributed by atoms with E-state index in [0.717, 1.165) is 30.2 Å². The molecular weight excluding hydrogens is 336 g/mol. The van der Waals surface area contributed by atoms with Crippen molar-refractivity contribution in [3.8, 4) is 0 Å². The first-order valence-corrected chi connectivity index (χ1v) is 9.13. The highest BCUT2D eigenvalue weighted by Gasteiger charge is 2.15. The van der Waals surface area contributed by atoms with Gasteiger partial charge in [-0.05, 0) is 54.2 Å². The maximum atomic E-state index is 11.9. The molecule has 4 aromatic rings. The van der Waals surface area contributed by atoms with Crippen LogP contribution in [0.1, 0.15) is 23.1 Å². The Morgan fingerprint density at radius 3 is 2.96 bits per heavy atom. The van der Waals surface area contributed by atoms with E-state index in [0.29, 0.717) is 22.3 Å². The van der Waals surface area contributed by atoms with Gasteiger partial charge in [-0.25, -0.2) is 14.3 Å². The van der Waals surface area contributed by atoms with E-state index in [1.807, 2.05) is 18.3 Å². The Morgan fingerprint density at radius 2 is 2.08 bits per heavy atom. The Bertz CT molecular complexity index is 1130. The van der Waals surface area contributed by atoms with Gasteiger partial charge in [0.15, 0.2) is 0 Å².